The first kappa shape index (κ1) is 23.7. The number of likely N-dealkylation sites (tertiary alicyclic amines) is 1. The number of amides is 1. The van der Waals surface area contributed by atoms with Crippen LogP contribution in [0.5, 0.6) is 17.2 Å². The van der Waals surface area contributed by atoms with Crippen LogP contribution in [0.2, 0.25) is 0 Å². The average Bonchev–Trinajstić information content (AvgIpc) is 2.78. The summed E-state index contributed by atoms with van der Waals surface area (Å²) in [5.74, 6) is 1.25. The number of phenols is 1. The number of nitrogens with one attached hydrogen (secondary N) is 1. The molecule has 2 aromatic carbocycles. The van der Waals surface area contributed by atoms with Gasteiger partial charge in [-0.15, -0.1) is 0 Å². The molecule has 0 radical (unpaired) electrons. The van der Waals surface area contributed by atoms with Crippen LogP contribution in [0.1, 0.15) is 41.4 Å². The molecule has 9 nitrogen and oxygen atoms in total. The molecule has 178 valence electrons. The number of hydrogen-bond acceptors (Lipinski definition) is 6. The number of aromatic nitrogens is 3. The minimum absolute atomic E-state index is 0.101. The average molecular weight is 529 g/mol. The lowest BCUT2D eigenvalue weighted by molar-refractivity contribution is 0.0686. The maximum absolute atomic E-state index is 13.0. The molecular formula is C24H25BrN4O5. The number of phenolic OH excluding ortho intramolecular Hbond substituents is 1. The number of rotatable bonds is 4. The first-order chi connectivity index (χ1) is 16.1. The summed E-state index contributed by atoms with van der Waals surface area (Å²) in [5, 5.41) is 13.8. The van der Waals surface area contributed by atoms with E-state index in [2.05, 4.69) is 32.9 Å². The molecule has 1 saturated heterocycles. The predicted molar refractivity (Wildman–Crippen MR) is 130 cm³/mol. The summed E-state index contributed by atoms with van der Waals surface area (Å²) in [6, 6.07) is 8.20. The van der Waals surface area contributed by atoms with E-state index in [9.17, 15) is 19.5 Å². The number of aromatic hydroxyl groups is 1. The number of benzene rings is 2. The summed E-state index contributed by atoms with van der Waals surface area (Å²) in [6.45, 7) is 6.87. The Morgan fingerprint density at radius 3 is 2.41 bits per heavy atom. The van der Waals surface area contributed by atoms with E-state index in [-0.39, 0.29) is 11.4 Å². The van der Waals surface area contributed by atoms with Crippen molar-refractivity contribution in [3.8, 4) is 22.9 Å². The van der Waals surface area contributed by atoms with E-state index < -0.39 is 17.2 Å². The van der Waals surface area contributed by atoms with Crippen LogP contribution in [0.25, 0.3) is 5.69 Å². The van der Waals surface area contributed by atoms with Crippen LogP contribution in [0.15, 0.2) is 44.4 Å². The Bertz CT molecular complexity index is 1350. The van der Waals surface area contributed by atoms with E-state index in [0.717, 1.165) is 28.7 Å². The van der Waals surface area contributed by atoms with Crippen molar-refractivity contribution in [2.45, 2.75) is 33.6 Å². The van der Waals surface area contributed by atoms with Gasteiger partial charge in [-0.2, -0.15) is 9.78 Å². The molecule has 0 bridgehead atoms. The van der Waals surface area contributed by atoms with Crippen molar-refractivity contribution in [3.05, 3.63) is 72.5 Å². The van der Waals surface area contributed by atoms with Gasteiger partial charge in [-0.1, -0.05) is 6.92 Å². The van der Waals surface area contributed by atoms with Gasteiger partial charge in [0, 0.05) is 13.1 Å². The number of piperidine rings is 1. The number of H-pyrrole nitrogens is 1. The third-order valence-corrected chi connectivity index (χ3v) is 6.57. The summed E-state index contributed by atoms with van der Waals surface area (Å²) >= 11 is 3.27. The van der Waals surface area contributed by atoms with Crippen LogP contribution in [-0.2, 0) is 0 Å². The normalized spacial score (nSPS) is 14.3. The Kier molecular flexibility index (Phi) is 6.60. The van der Waals surface area contributed by atoms with Gasteiger partial charge in [0.1, 0.15) is 17.2 Å². The second-order valence-corrected chi connectivity index (χ2v) is 9.47. The maximum atomic E-state index is 13.0. The molecule has 0 unspecified atom stereocenters. The quantitative estimate of drug-likeness (QED) is 0.533. The number of aromatic amines is 1. The van der Waals surface area contributed by atoms with E-state index in [1.165, 1.54) is 6.07 Å². The number of carbonyl (C=O) groups excluding carboxylic acids is 1. The van der Waals surface area contributed by atoms with Crippen LogP contribution in [0, 0.1) is 19.8 Å². The molecule has 1 amide bonds. The highest BCUT2D eigenvalue weighted by molar-refractivity contribution is 9.10. The molecule has 1 fully saturated rings. The third-order valence-electron chi connectivity index (χ3n) is 5.93. The van der Waals surface area contributed by atoms with Gasteiger partial charge in [-0.3, -0.25) is 14.6 Å². The number of aryl methyl sites for hydroxylation is 2. The van der Waals surface area contributed by atoms with Crippen LogP contribution < -0.4 is 16.0 Å². The zero-order valence-electron chi connectivity index (χ0n) is 19.1. The molecule has 0 saturated carbocycles. The van der Waals surface area contributed by atoms with Crippen molar-refractivity contribution in [2.75, 3.05) is 13.1 Å². The Labute approximate surface area is 204 Å². The SMILES string of the molecule is Cc1cc(-n2nc(C(=O)N3CCC(C)CC3)c(=O)[nH]c2=O)cc(C)c1Oc1ccc(O)c(Br)c1. The first-order valence-corrected chi connectivity index (χ1v) is 11.7. The van der Waals surface area contributed by atoms with Gasteiger partial charge in [0.2, 0.25) is 5.69 Å². The maximum Gasteiger partial charge on any atom is 0.349 e. The molecule has 0 spiro atoms. The summed E-state index contributed by atoms with van der Waals surface area (Å²) in [6.07, 6.45) is 1.72. The lowest BCUT2D eigenvalue weighted by Gasteiger charge is -2.29. The molecule has 1 aromatic heterocycles. The minimum atomic E-state index is -0.795. The Morgan fingerprint density at radius 2 is 1.79 bits per heavy atom. The van der Waals surface area contributed by atoms with E-state index >= 15 is 0 Å². The van der Waals surface area contributed by atoms with Crippen molar-refractivity contribution in [3.63, 3.8) is 0 Å². The van der Waals surface area contributed by atoms with E-state index in [1.807, 2.05) is 13.8 Å². The van der Waals surface area contributed by atoms with E-state index in [0.29, 0.717) is 40.7 Å². The molecule has 0 atom stereocenters. The van der Waals surface area contributed by atoms with Gasteiger partial charge in [0.05, 0.1) is 10.2 Å². The fourth-order valence-corrected chi connectivity index (χ4v) is 4.31. The highest BCUT2D eigenvalue weighted by Crippen LogP contribution is 2.34. The molecule has 2 heterocycles. The summed E-state index contributed by atoms with van der Waals surface area (Å²) in [4.78, 5) is 41.7. The van der Waals surface area contributed by atoms with Gasteiger partial charge in [0.25, 0.3) is 11.5 Å². The standard InChI is InChI=1S/C24H25BrN4O5/c1-13-6-8-28(9-7-13)23(32)20-22(31)26-24(33)29(27-20)16-10-14(2)21(15(3)11-16)34-17-4-5-19(30)18(25)12-17/h4-5,10-13,30H,6-9H2,1-3H3,(H,26,31,33). The molecule has 0 aliphatic carbocycles. The number of ether oxygens (including phenoxy) is 1. The van der Waals surface area contributed by atoms with Gasteiger partial charge < -0.3 is 14.7 Å². The molecule has 3 aromatic rings. The molecule has 34 heavy (non-hydrogen) atoms. The van der Waals surface area contributed by atoms with Crippen LogP contribution in [0.4, 0.5) is 0 Å². The molecule has 1 aliphatic rings. The Hall–Kier alpha value is -3.40. The molecule has 1 aliphatic heterocycles. The van der Waals surface area contributed by atoms with Crippen molar-refractivity contribution in [1.82, 2.24) is 19.7 Å². The molecule has 4 rings (SSSR count). The van der Waals surface area contributed by atoms with Crippen molar-refractivity contribution in [2.24, 2.45) is 5.92 Å². The molecule has 2 N–H and O–H groups in total. The largest absolute Gasteiger partial charge is 0.507 e. The topological polar surface area (TPSA) is 118 Å². The summed E-state index contributed by atoms with van der Waals surface area (Å²) in [5.41, 5.74) is 0.00411. The van der Waals surface area contributed by atoms with E-state index in [4.69, 9.17) is 4.74 Å². The van der Waals surface area contributed by atoms with Crippen LogP contribution >= 0.6 is 15.9 Å². The van der Waals surface area contributed by atoms with E-state index in [1.54, 1.807) is 29.2 Å². The Balaban J connectivity index is 1.68. The van der Waals surface area contributed by atoms with Crippen LogP contribution in [-0.4, -0.2) is 43.8 Å². The molecular weight excluding hydrogens is 504 g/mol. The fourth-order valence-electron chi connectivity index (χ4n) is 3.96. The second-order valence-electron chi connectivity index (χ2n) is 8.62. The van der Waals surface area contributed by atoms with Crippen molar-refractivity contribution >= 4 is 21.8 Å². The molecule has 10 heteroatoms. The monoisotopic (exact) mass is 528 g/mol. The van der Waals surface area contributed by atoms with Crippen LogP contribution in [0.3, 0.4) is 0 Å². The predicted octanol–water partition coefficient (Wildman–Crippen LogP) is 3.67. The van der Waals surface area contributed by atoms with Gasteiger partial charge in [-0.05, 0) is 90.0 Å². The summed E-state index contributed by atoms with van der Waals surface area (Å²) in [7, 11) is 0. The zero-order chi connectivity index (χ0) is 24.6. The highest BCUT2D eigenvalue weighted by atomic mass is 79.9. The van der Waals surface area contributed by atoms with Gasteiger partial charge >= 0.3 is 5.69 Å². The third kappa shape index (κ3) is 4.77. The number of nitrogens with zero attached hydrogens (tertiary/aromatic N) is 3. The lowest BCUT2D eigenvalue weighted by atomic mass is 9.99. The summed E-state index contributed by atoms with van der Waals surface area (Å²) < 4.78 is 7.53. The fraction of sp³-hybridized carbons (Fsp3) is 0.333. The lowest BCUT2D eigenvalue weighted by Crippen LogP contribution is -2.43. The zero-order valence-corrected chi connectivity index (χ0v) is 20.7. The number of carbonyl (C=O) groups is 1. The first-order valence-electron chi connectivity index (χ1n) is 10.9. The number of hydrogen-bond donors (Lipinski definition) is 2. The van der Waals surface area contributed by atoms with Crippen molar-refractivity contribution < 1.29 is 14.6 Å². The second kappa shape index (κ2) is 9.46. The highest BCUT2D eigenvalue weighted by Gasteiger charge is 2.26. The van der Waals surface area contributed by atoms with Gasteiger partial charge in [0.15, 0.2) is 0 Å². The number of halogens is 1. The smallest absolute Gasteiger partial charge is 0.349 e. The minimum Gasteiger partial charge on any atom is -0.507 e. The van der Waals surface area contributed by atoms with Gasteiger partial charge in [-0.25, -0.2) is 4.79 Å². The Morgan fingerprint density at radius 1 is 1.15 bits per heavy atom. The van der Waals surface area contributed by atoms with Crippen molar-refractivity contribution in [1.29, 1.82) is 0 Å².